The first kappa shape index (κ1) is 20.2. The van der Waals surface area contributed by atoms with Crippen molar-refractivity contribution in [1.29, 1.82) is 0 Å². The normalized spacial score (nSPS) is 16.2. The van der Waals surface area contributed by atoms with Crippen LogP contribution in [0.1, 0.15) is 51.6 Å². The Kier molecular flexibility index (Phi) is 7.72. The molecule has 142 valence electrons. The van der Waals surface area contributed by atoms with Crippen LogP contribution in [-0.4, -0.2) is 34.0 Å². The first-order valence-corrected chi connectivity index (χ1v) is 10.8. The first-order chi connectivity index (χ1) is 11.9. The van der Waals surface area contributed by atoms with E-state index in [1.54, 1.807) is 0 Å². The van der Waals surface area contributed by atoms with Gasteiger partial charge in [-0.3, -0.25) is 0 Å². The lowest BCUT2D eigenvalue weighted by Crippen LogP contribution is -2.29. The highest BCUT2D eigenvalue weighted by Crippen LogP contribution is 2.30. The van der Waals surface area contributed by atoms with Gasteiger partial charge in [0.1, 0.15) is 5.75 Å². The van der Waals surface area contributed by atoms with Crippen LogP contribution in [0.4, 0.5) is 0 Å². The van der Waals surface area contributed by atoms with Gasteiger partial charge in [-0.15, -0.1) is 0 Å². The van der Waals surface area contributed by atoms with E-state index in [4.69, 9.17) is 9.47 Å². The van der Waals surface area contributed by atoms with Crippen LogP contribution in [-0.2, 0) is 14.8 Å². The Bertz CT molecular complexity index is 626. The van der Waals surface area contributed by atoms with Gasteiger partial charge in [0, 0.05) is 19.3 Å². The molecule has 0 unspecified atom stereocenters. The zero-order valence-corrected chi connectivity index (χ0v) is 16.3. The number of benzene rings is 1. The van der Waals surface area contributed by atoms with Crippen molar-refractivity contribution in [3.8, 4) is 5.75 Å². The zero-order chi connectivity index (χ0) is 18.3. The molecule has 1 atom stereocenters. The van der Waals surface area contributed by atoms with Gasteiger partial charge in [0.05, 0.1) is 12.4 Å². The minimum Gasteiger partial charge on any atom is -0.493 e. The van der Waals surface area contributed by atoms with Gasteiger partial charge < -0.3 is 9.47 Å². The molecule has 1 saturated carbocycles. The third kappa shape index (κ3) is 8.21. The summed E-state index contributed by atoms with van der Waals surface area (Å²) in [5.41, 5.74) is 0.910. The molecule has 0 bridgehead atoms. The lowest BCUT2D eigenvalue weighted by atomic mass is 10.1. The molecule has 5 nitrogen and oxygen atoms in total. The molecule has 1 aliphatic rings. The summed E-state index contributed by atoms with van der Waals surface area (Å²) in [6.07, 6.45) is 2.99. The highest BCUT2D eigenvalue weighted by atomic mass is 32.2. The summed E-state index contributed by atoms with van der Waals surface area (Å²) in [6, 6.07) is 7.37. The number of rotatable bonds is 12. The second-order valence-corrected chi connectivity index (χ2v) is 9.18. The fourth-order valence-electron chi connectivity index (χ4n) is 2.44. The zero-order valence-electron chi connectivity index (χ0n) is 15.5. The van der Waals surface area contributed by atoms with E-state index in [1.807, 2.05) is 31.2 Å². The van der Waals surface area contributed by atoms with Crippen LogP contribution in [0.3, 0.4) is 0 Å². The fraction of sp³-hybridized carbons (Fsp3) is 0.684. The van der Waals surface area contributed by atoms with E-state index >= 15 is 0 Å². The van der Waals surface area contributed by atoms with Gasteiger partial charge in [-0.1, -0.05) is 26.0 Å². The summed E-state index contributed by atoms with van der Waals surface area (Å²) in [5.74, 6) is 2.03. The second kappa shape index (κ2) is 9.55. The van der Waals surface area contributed by atoms with E-state index in [-0.39, 0.29) is 11.8 Å². The van der Waals surface area contributed by atoms with Gasteiger partial charge in [-0.2, -0.15) is 0 Å². The highest BCUT2D eigenvalue weighted by Gasteiger charge is 2.22. The first-order valence-electron chi connectivity index (χ1n) is 9.16. The maximum atomic E-state index is 12.2. The monoisotopic (exact) mass is 369 g/mol. The summed E-state index contributed by atoms with van der Waals surface area (Å²) < 4.78 is 38.4. The molecule has 25 heavy (non-hydrogen) atoms. The lowest BCUT2D eigenvalue weighted by Gasteiger charge is -2.16. The number of sulfonamides is 1. The van der Waals surface area contributed by atoms with Crippen LogP contribution < -0.4 is 9.46 Å². The maximum Gasteiger partial charge on any atom is 0.212 e. The average molecular weight is 370 g/mol. The quantitative estimate of drug-likeness (QED) is 0.573. The topological polar surface area (TPSA) is 64.6 Å². The largest absolute Gasteiger partial charge is 0.493 e. The Morgan fingerprint density at radius 3 is 2.68 bits per heavy atom. The van der Waals surface area contributed by atoms with Crippen LogP contribution >= 0.6 is 0 Å². The molecule has 1 aromatic carbocycles. The SMILES string of the molecule is CC(C)COCCCS(=O)(=O)N[C@H](C)c1cccc(OCC2CC2)c1. The molecule has 1 N–H and O–H groups in total. The minimum atomic E-state index is -3.33. The van der Waals surface area contributed by atoms with Crippen molar-refractivity contribution in [2.75, 3.05) is 25.6 Å². The molecule has 0 radical (unpaired) electrons. The van der Waals surface area contributed by atoms with Gasteiger partial charge in [-0.05, 0) is 55.7 Å². The van der Waals surface area contributed by atoms with Crippen molar-refractivity contribution >= 4 is 10.0 Å². The molecule has 1 aromatic rings. The number of hydrogen-bond donors (Lipinski definition) is 1. The van der Waals surface area contributed by atoms with Crippen LogP contribution in [0, 0.1) is 11.8 Å². The smallest absolute Gasteiger partial charge is 0.212 e. The Morgan fingerprint density at radius 1 is 1.24 bits per heavy atom. The molecule has 0 amide bonds. The Morgan fingerprint density at radius 2 is 2.00 bits per heavy atom. The molecule has 0 heterocycles. The van der Waals surface area contributed by atoms with Crippen LogP contribution in [0.25, 0.3) is 0 Å². The number of nitrogens with one attached hydrogen (secondary N) is 1. The molecule has 0 saturated heterocycles. The minimum absolute atomic E-state index is 0.0767. The Balaban J connectivity index is 1.78. The Hall–Kier alpha value is -1.11. The average Bonchev–Trinajstić information content (AvgIpc) is 3.36. The van der Waals surface area contributed by atoms with Crippen LogP contribution in [0.5, 0.6) is 5.75 Å². The summed E-state index contributed by atoms with van der Waals surface area (Å²) in [7, 11) is -3.33. The summed E-state index contributed by atoms with van der Waals surface area (Å²) in [5, 5.41) is 0. The van der Waals surface area contributed by atoms with E-state index in [2.05, 4.69) is 18.6 Å². The van der Waals surface area contributed by atoms with E-state index in [0.717, 1.165) is 17.9 Å². The predicted octanol–water partition coefficient (Wildman–Crippen LogP) is 3.52. The third-order valence-corrected chi connectivity index (χ3v) is 5.59. The molecule has 0 aromatic heterocycles. The van der Waals surface area contributed by atoms with Crippen molar-refractivity contribution < 1.29 is 17.9 Å². The van der Waals surface area contributed by atoms with Crippen molar-refractivity contribution in [2.45, 2.75) is 46.1 Å². The van der Waals surface area contributed by atoms with Gasteiger partial charge in [0.25, 0.3) is 0 Å². The van der Waals surface area contributed by atoms with Crippen molar-refractivity contribution in [2.24, 2.45) is 11.8 Å². The van der Waals surface area contributed by atoms with Crippen molar-refractivity contribution in [1.82, 2.24) is 4.72 Å². The molecule has 6 heteroatoms. The standard InChI is InChI=1S/C19H31NO4S/c1-15(2)13-23-10-5-11-25(21,22)20-16(3)18-6-4-7-19(12-18)24-14-17-8-9-17/h4,6-7,12,15-17,20H,5,8-11,13-14H2,1-3H3/t16-/m1/s1. The van der Waals surface area contributed by atoms with E-state index in [9.17, 15) is 8.42 Å². The highest BCUT2D eigenvalue weighted by molar-refractivity contribution is 7.89. The fourth-order valence-corrected chi connectivity index (χ4v) is 3.73. The number of hydrogen-bond acceptors (Lipinski definition) is 4. The molecule has 2 rings (SSSR count). The molecular weight excluding hydrogens is 338 g/mol. The van der Waals surface area contributed by atoms with E-state index < -0.39 is 10.0 Å². The predicted molar refractivity (Wildman–Crippen MR) is 100 cm³/mol. The van der Waals surface area contributed by atoms with Crippen molar-refractivity contribution in [3.63, 3.8) is 0 Å². The Labute approximate surface area is 152 Å². The summed E-state index contributed by atoms with van der Waals surface area (Å²) in [4.78, 5) is 0. The van der Waals surface area contributed by atoms with Gasteiger partial charge >= 0.3 is 0 Å². The summed E-state index contributed by atoms with van der Waals surface area (Å²) in [6.45, 7) is 7.88. The molecule has 0 spiro atoms. The molecule has 1 aliphatic carbocycles. The van der Waals surface area contributed by atoms with Crippen LogP contribution in [0.2, 0.25) is 0 Å². The molecule has 1 fully saturated rings. The maximum absolute atomic E-state index is 12.2. The third-order valence-electron chi connectivity index (χ3n) is 4.05. The molecular formula is C19H31NO4S. The van der Waals surface area contributed by atoms with Gasteiger partial charge in [-0.25, -0.2) is 13.1 Å². The van der Waals surface area contributed by atoms with E-state index in [0.29, 0.717) is 31.5 Å². The summed E-state index contributed by atoms with van der Waals surface area (Å²) >= 11 is 0. The lowest BCUT2D eigenvalue weighted by molar-refractivity contribution is 0.111. The van der Waals surface area contributed by atoms with Crippen molar-refractivity contribution in [3.05, 3.63) is 29.8 Å². The second-order valence-electron chi connectivity index (χ2n) is 7.31. The van der Waals surface area contributed by atoms with Gasteiger partial charge in [0.2, 0.25) is 10.0 Å². The number of ether oxygens (including phenoxy) is 2. The van der Waals surface area contributed by atoms with Gasteiger partial charge in [0.15, 0.2) is 0 Å². The molecule has 0 aliphatic heterocycles. The van der Waals surface area contributed by atoms with Crippen LogP contribution in [0.15, 0.2) is 24.3 Å². The van der Waals surface area contributed by atoms with E-state index in [1.165, 1.54) is 12.8 Å².